The summed E-state index contributed by atoms with van der Waals surface area (Å²) < 4.78 is 0. The number of nitrogen functional groups attached to an aromatic ring is 1. The van der Waals surface area contributed by atoms with Crippen LogP contribution in [-0.2, 0) is 0 Å². The van der Waals surface area contributed by atoms with E-state index in [1.807, 2.05) is 18.3 Å². The maximum atomic E-state index is 6.08. The van der Waals surface area contributed by atoms with E-state index in [9.17, 15) is 0 Å². The number of nitrogens with one attached hydrogen (secondary N) is 1. The van der Waals surface area contributed by atoms with Crippen molar-refractivity contribution in [3.63, 3.8) is 0 Å². The van der Waals surface area contributed by atoms with Gasteiger partial charge in [-0.05, 0) is 42.9 Å². The van der Waals surface area contributed by atoms with E-state index in [1.165, 1.54) is 31.4 Å². The average molecular weight is 283 g/mol. The summed E-state index contributed by atoms with van der Waals surface area (Å²) in [6.07, 6.45) is 9.01. The number of rotatable bonds is 3. The van der Waals surface area contributed by atoms with Gasteiger partial charge < -0.3 is 11.1 Å². The number of hydrogen-bond donors (Lipinski definition) is 2. The normalized spacial score (nSPS) is 22.6. The van der Waals surface area contributed by atoms with Gasteiger partial charge in [0.05, 0.1) is 0 Å². The van der Waals surface area contributed by atoms with Gasteiger partial charge in [0.15, 0.2) is 0 Å². The van der Waals surface area contributed by atoms with Crippen molar-refractivity contribution >= 4 is 22.1 Å². The van der Waals surface area contributed by atoms with Gasteiger partial charge in [0.25, 0.3) is 0 Å². The Hall–Kier alpha value is -1.77. The monoisotopic (exact) mass is 283 g/mol. The van der Waals surface area contributed by atoms with Crippen molar-refractivity contribution in [1.29, 1.82) is 0 Å². The highest BCUT2D eigenvalue weighted by Crippen LogP contribution is 2.34. The first-order chi connectivity index (χ1) is 10.2. The van der Waals surface area contributed by atoms with Crippen molar-refractivity contribution in [2.24, 2.45) is 11.8 Å². The van der Waals surface area contributed by atoms with Crippen molar-refractivity contribution in [3.05, 3.63) is 30.6 Å². The highest BCUT2D eigenvalue weighted by Gasteiger charge is 2.27. The molecule has 1 aliphatic rings. The molecule has 0 spiro atoms. The summed E-state index contributed by atoms with van der Waals surface area (Å²) in [6, 6.07) is 6.66. The van der Waals surface area contributed by atoms with E-state index in [2.05, 4.69) is 30.2 Å². The van der Waals surface area contributed by atoms with Gasteiger partial charge in [-0.25, -0.2) is 0 Å². The number of nitrogens with zero attached hydrogens (tertiary/aromatic N) is 1. The second-order valence-corrected chi connectivity index (χ2v) is 6.57. The number of hydrogen-bond acceptors (Lipinski definition) is 3. The van der Waals surface area contributed by atoms with Crippen LogP contribution in [0.15, 0.2) is 30.6 Å². The van der Waals surface area contributed by atoms with Crippen molar-refractivity contribution in [1.82, 2.24) is 4.98 Å². The number of anilines is 2. The minimum atomic E-state index is 0.561. The highest BCUT2D eigenvalue weighted by atomic mass is 14.9. The van der Waals surface area contributed by atoms with E-state index < -0.39 is 0 Å². The predicted octanol–water partition coefficient (Wildman–Crippen LogP) is 4.44. The lowest BCUT2D eigenvalue weighted by Gasteiger charge is -2.35. The molecule has 3 nitrogen and oxygen atoms in total. The fourth-order valence-electron chi connectivity index (χ4n) is 3.68. The maximum Gasteiger partial charge on any atom is 0.0439 e. The lowest BCUT2D eigenvalue weighted by atomic mass is 9.77. The summed E-state index contributed by atoms with van der Waals surface area (Å²) >= 11 is 0. The molecule has 1 saturated carbocycles. The van der Waals surface area contributed by atoms with E-state index in [0.717, 1.165) is 28.3 Å². The smallest absolute Gasteiger partial charge is 0.0439 e. The molecule has 0 amide bonds. The molecule has 112 valence electrons. The minimum Gasteiger partial charge on any atom is -0.398 e. The average Bonchev–Trinajstić information content (AvgIpc) is 2.51. The summed E-state index contributed by atoms with van der Waals surface area (Å²) in [4.78, 5) is 4.27. The number of benzene rings is 1. The quantitative estimate of drug-likeness (QED) is 0.819. The molecule has 1 aromatic heterocycles. The van der Waals surface area contributed by atoms with Gasteiger partial charge in [-0.3, -0.25) is 4.98 Å². The molecule has 1 aliphatic carbocycles. The third-order valence-electron chi connectivity index (χ3n) is 4.87. The van der Waals surface area contributed by atoms with Crippen molar-refractivity contribution < 1.29 is 0 Å². The van der Waals surface area contributed by atoms with Gasteiger partial charge in [0.2, 0.25) is 0 Å². The zero-order valence-electron chi connectivity index (χ0n) is 13.0. The Balaban J connectivity index is 1.92. The summed E-state index contributed by atoms with van der Waals surface area (Å²) in [5.74, 6) is 1.48. The number of fused-ring (bicyclic) bond motifs is 1. The van der Waals surface area contributed by atoms with Crippen LogP contribution in [-0.4, -0.2) is 11.0 Å². The molecule has 2 atom stereocenters. The minimum absolute atomic E-state index is 0.561. The van der Waals surface area contributed by atoms with Crippen molar-refractivity contribution in [2.75, 3.05) is 11.1 Å². The number of pyridine rings is 1. The Morgan fingerprint density at radius 1 is 1.14 bits per heavy atom. The van der Waals surface area contributed by atoms with Gasteiger partial charge in [-0.15, -0.1) is 0 Å². The molecule has 21 heavy (non-hydrogen) atoms. The van der Waals surface area contributed by atoms with Gasteiger partial charge >= 0.3 is 0 Å². The number of nitrogens with two attached hydrogens (primary N) is 1. The van der Waals surface area contributed by atoms with E-state index in [1.54, 1.807) is 6.20 Å². The van der Waals surface area contributed by atoms with Crippen LogP contribution in [0.4, 0.5) is 11.4 Å². The zero-order chi connectivity index (χ0) is 14.8. The Morgan fingerprint density at radius 2 is 1.95 bits per heavy atom. The lowest BCUT2D eigenvalue weighted by Crippen LogP contribution is -2.35. The zero-order valence-corrected chi connectivity index (χ0v) is 13.0. The Kier molecular flexibility index (Phi) is 4.00. The summed E-state index contributed by atoms with van der Waals surface area (Å²) in [6.45, 7) is 4.68. The largest absolute Gasteiger partial charge is 0.398 e. The Bertz CT molecular complexity index is 621. The Morgan fingerprint density at radius 3 is 2.76 bits per heavy atom. The number of aromatic nitrogens is 1. The third-order valence-corrected chi connectivity index (χ3v) is 4.87. The first-order valence-electron chi connectivity index (χ1n) is 8.05. The molecule has 1 fully saturated rings. The van der Waals surface area contributed by atoms with Crippen LogP contribution < -0.4 is 11.1 Å². The fraction of sp³-hybridized carbons (Fsp3) is 0.500. The van der Waals surface area contributed by atoms with Gasteiger partial charge in [-0.2, -0.15) is 0 Å². The molecule has 3 heteroatoms. The van der Waals surface area contributed by atoms with Crippen molar-refractivity contribution in [3.8, 4) is 0 Å². The molecular weight excluding hydrogens is 258 g/mol. The van der Waals surface area contributed by atoms with Crippen LogP contribution in [0.1, 0.15) is 39.5 Å². The first kappa shape index (κ1) is 14.2. The van der Waals surface area contributed by atoms with Crippen LogP contribution in [0.25, 0.3) is 10.8 Å². The molecule has 0 aliphatic heterocycles. The fourth-order valence-corrected chi connectivity index (χ4v) is 3.68. The molecule has 1 heterocycles. The second kappa shape index (κ2) is 5.92. The topological polar surface area (TPSA) is 50.9 Å². The second-order valence-electron chi connectivity index (χ2n) is 6.57. The molecular formula is C18H25N3. The summed E-state index contributed by atoms with van der Waals surface area (Å²) in [5, 5.41) is 6.01. The van der Waals surface area contributed by atoms with Gasteiger partial charge in [0.1, 0.15) is 0 Å². The van der Waals surface area contributed by atoms with E-state index in [-0.39, 0.29) is 0 Å². The molecule has 1 aromatic carbocycles. The lowest BCUT2D eigenvalue weighted by molar-refractivity contribution is 0.254. The molecule has 2 unspecified atom stereocenters. The summed E-state index contributed by atoms with van der Waals surface area (Å²) in [7, 11) is 0. The van der Waals surface area contributed by atoms with Crippen LogP contribution in [0.3, 0.4) is 0 Å². The highest BCUT2D eigenvalue weighted by molar-refractivity contribution is 6.00. The predicted molar refractivity (Wildman–Crippen MR) is 90.4 cm³/mol. The molecule has 3 N–H and O–H groups in total. The maximum absolute atomic E-state index is 6.08. The van der Waals surface area contributed by atoms with Gasteiger partial charge in [-0.1, -0.05) is 26.7 Å². The molecule has 0 saturated heterocycles. The van der Waals surface area contributed by atoms with Crippen molar-refractivity contribution in [2.45, 2.75) is 45.6 Å². The van der Waals surface area contributed by atoms with Crippen LogP contribution >= 0.6 is 0 Å². The molecule has 0 radical (unpaired) electrons. The molecule has 3 rings (SSSR count). The first-order valence-corrected chi connectivity index (χ1v) is 8.05. The SMILES string of the molecule is CC(C)C1CCCCC1Nc1ccc(N)c2ccncc12. The van der Waals surface area contributed by atoms with E-state index in [4.69, 9.17) is 5.73 Å². The molecule has 0 bridgehead atoms. The standard InChI is InChI=1S/C18H25N3/c1-12(2)13-5-3-4-6-17(13)21-18-8-7-16(19)14-9-10-20-11-15(14)18/h7-13,17,21H,3-6,19H2,1-2H3. The van der Waals surface area contributed by atoms with Crippen LogP contribution in [0.2, 0.25) is 0 Å². The van der Waals surface area contributed by atoms with E-state index >= 15 is 0 Å². The molecule has 2 aromatic rings. The van der Waals surface area contributed by atoms with Crippen LogP contribution in [0, 0.1) is 11.8 Å². The van der Waals surface area contributed by atoms with Crippen LogP contribution in [0.5, 0.6) is 0 Å². The van der Waals surface area contributed by atoms with Gasteiger partial charge in [0, 0.05) is 40.6 Å². The van der Waals surface area contributed by atoms with E-state index in [0.29, 0.717) is 6.04 Å². The third kappa shape index (κ3) is 2.82. The summed E-state index contributed by atoms with van der Waals surface area (Å²) in [5.41, 5.74) is 8.07. The Labute approximate surface area is 127 Å².